The summed E-state index contributed by atoms with van der Waals surface area (Å²) in [5.74, 6) is 4.98. The average molecular weight is 467 g/mol. The van der Waals surface area contributed by atoms with Crippen LogP contribution in [0.25, 0.3) is 0 Å². The minimum Gasteiger partial charge on any atom is -0.497 e. The SMILES string of the molecule is COc1ccc(OC)c(CCc2cc(OC)cc(CCc3cc(OC)ccc3OC)c2OC)c1. The van der Waals surface area contributed by atoms with Crippen LogP contribution in [-0.2, 0) is 25.7 Å². The molecule has 3 aromatic rings. The molecule has 182 valence electrons. The molecule has 34 heavy (non-hydrogen) atoms. The number of hydrogen-bond donors (Lipinski definition) is 0. The van der Waals surface area contributed by atoms with E-state index in [-0.39, 0.29) is 0 Å². The quantitative estimate of drug-likeness (QED) is 0.361. The molecule has 0 aromatic heterocycles. The first-order valence-electron chi connectivity index (χ1n) is 11.2. The normalized spacial score (nSPS) is 10.5. The van der Waals surface area contributed by atoms with Gasteiger partial charge >= 0.3 is 0 Å². The van der Waals surface area contributed by atoms with E-state index in [1.165, 1.54) is 0 Å². The third kappa shape index (κ3) is 5.87. The van der Waals surface area contributed by atoms with Crippen LogP contribution in [0.1, 0.15) is 22.3 Å². The van der Waals surface area contributed by atoms with Gasteiger partial charge in [-0.15, -0.1) is 0 Å². The van der Waals surface area contributed by atoms with Gasteiger partial charge in [-0.05, 0) is 96.5 Å². The van der Waals surface area contributed by atoms with E-state index in [0.717, 1.165) is 82.4 Å². The van der Waals surface area contributed by atoms with Gasteiger partial charge in [0.1, 0.15) is 34.5 Å². The Morgan fingerprint density at radius 2 is 0.794 bits per heavy atom. The molecule has 0 radical (unpaired) electrons. The summed E-state index contributed by atoms with van der Waals surface area (Å²) in [4.78, 5) is 0. The number of benzene rings is 3. The Kier molecular flexibility index (Phi) is 8.91. The molecule has 6 heteroatoms. The summed E-state index contributed by atoms with van der Waals surface area (Å²) in [6.45, 7) is 0. The molecule has 0 aliphatic rings. The van der Waals surface area contributed by atoms with Crippen molar-refractivity contribution in [3.05, 3.63) is 70.8 Å². The molecule has 0 unspecified atom stereocenters. The second kappa shape index (κ2) is 12.1. The van der Waals surface area contributed by atoms with Crippen molar-refractivity contribution in [3.8, 4) is 34.5 Å². The van der Waals surface area contributed by atoms with Gasteiger partial charge in [0.2, 0.25) is 0 Å². The van der Waals surface area contributed by atoms with Crippen LogP contribution < -0.4 is 28.4 Å². The fourth-order valence-electron chi connectivity index (χ4n) is 4.17. The number of hydrogen-bond acceptors (Lipinski definition) is 6. The lowest BCUT2D eigenvalue weighted by Crippen LogP contribution is -2.04. The first kappa shape index (κ1) is 25.1. The lowest BCUT2D eigenvalue weighted by atomic mass is 9.96. The van der Waals surface area contributed by atoms with E-state index in [2.05, 4.69) is 0 Å². The van der Waals surface area contributed by atoms with Gasteiger partial charge < -0.3 is 28.4 Å². The lowest BCUT2D eigenvalue weighted by Gasteiger charge is -2.17. The van der Waals surface area contributed by atoms with Crippen LogP contribution in [0.3, 0.4) is 0 Å². The van der Waals surface area contributed by atoms with Crippen molar-refractivity contribution >= 4 is 0 Å². The Balaban J connectivity index is 1.88. The molecule has 0 spiro atoms. The minimum atomic E-state index is 0.763. The zero-order valence-electron chi connectivity index (χ0n) is 20.9. The Morgan fingerprint density at radius 3 is 1.15 bits per heavy atom. The third-order valence-electron chi connectivity index (χ3n) is 5.96. The van der Waals surface area contributed by atoms with Gasteiger partial charge in [-0.25, -0.2) is 0 Å². The van der Waals surface area contributed by atoms with Crippen molar-refractivity contribution in [2.24, 2.45) is 0 Å². The van der Waals surface area contributed by atoms with Gasteiger partial charge in [0.05, 0.1) is 42.7 Å². The van der Waals surface area contributed by atoms with Crippen molar-refractivity contribution in [2.75, 3.05) is 42.7 Å². The lowest BCUT2D eigenvalue weighted by molar-refractivity contribution is 0.391. The Morgan fingerprint density at radius 1 is 0.412 bits per heavy atom. The van der Waals surface area contributed by atoms with Crippen LogP contribution >= 0.6 is 0 Å². The van der Waals surface area contributed by atoms with E-state index in [4.69, 9.17) is 28.4 Å². The fourth-order valence-corrected chi connectivity index (χ4v) is 4.17. The van der Waals surface area contributed by atoms with E-state index in [1.807, 2.05) is 48.5 Å². The molecule has 0 aliphatic heterocycles. The molecule has 0 heterocycles. The zero-order valence-corrected chi connectivity index (χ0v) is 20.9. The Labute approximate surface area is 202 Å². The summed E-state index contributed by atoms with van der Waals surface area (Å²) < 4.78 is 33.4. The molecule has 0 amide bonds. The maximum Gasteiger partial charge on any atom is 0.125 e. The van der Waals surface area contributed by atoms with Crippen LogP contribution in [0.4, 0.5) is 0 Å². The summed E-state index contributed by atoms with van der Waals surface area (Å²) >= 11 is 0. The van der Waals surface area contributed by atoms with E-state index in [9.17, 15) is 0 Å². The smallest absolute Gasteiger partial charge is 0.125 e. The number of ether oxygens (including phenoxy) is 6. The highest BCUT2D eigenvalue weighted by Crippen LogP contribution is 2.34. The van der Waals surface area contributed by atoms with Gasteiger partial charge in [0, 0.05) is 0 Å². The summed E-state index contributed by atoms with van der Waals surface area (Å²) in [5, 5.41) is 0. The monoisotopic (exact) mass is 466 g/mol. The largest absolute Gasteiger partial charge is 0.497 e. The molecule has 3 rings (SSSR count). The maximum absolute atomic E-state index is 5.89. The summed E-state index contributed by atoms with van der Waals surface area (Å²) in [6.07, 6.45) is 3.07. The minimum absolute atomic E-state index is 0.763. The predicted molar refractivity (Wildman–Crippen MR) is 133 cm³/mol. The predicted octanol–water partition coefficient (Wildman–Crippen LogP) is 5.31. The second-order valence-electron chi connectivity index (χ2n) is 7.83. The molecule has 0 saturated carbocycles. The number of methoxy groups -OCH3 is 6. The van der Waals surface area contributed by atoms with Gasteiger partial charge in [0.25, 0.3) is 0 Å². The standard InChI is InChI=1S/C28H34O6/c1-29-23-11-13-26(32-4)19(15-23)7-9-21-17-25(31-3)18-22(28(21)34-6)10-8-20-16-24(30-2)12-14-27(20)33-5/h11-18H,7-10H2,1-6H3. The van der Waals surface area contributed by atoms with Crippen molar-refractivity contribution < 1.29 is 28.4 Å². The molecular formula is C28H34O6. The molecule has 0 atom stereocenters. The molecule has 0 saturated heterocycles. The van der Waals surface area contributed by atoms with Gasteiger partial charge in [0.15, 0.2) is 0 Å². The topological polar surface area (TPSA) is 55.4 Å². The van der Waals surface area contributed by atoms with Gasteiger partial charge in [-0.1, -0.05) is 0 Å². The number of rotatable bonds is 12. The average Bonchev–Trinajstić information content (AvgIpc) is 2.89. The Hall–Kier alpha value is -3.54. The van der Waals surface area contributed by atoms with Crippen LogP contribution in [0.2, 0.25) is 0 Å². The highest BCUT2D eigenvalue weighted by molar-refractivity contribution is 5.50. The van der Waals surface area contributed by atoms with Crippen molar-refractivity contribution in [1.29, 1.82) is 0 Å². The van der Waals surface area contributed by atoms with Crippen LogP contribution in [0.5, 0.6) is 34.5 Å². The van der Waals surface area contributed by atoms with Crippen LogP contribution in [0, 0.1) is 0 Å². The zero-order chi connectivity index (χ0) is 24.5. The molecule has 3 aromatic carbocycles. The summed E-state index contributed by atoms with van der Waals surface area (Å²) in [6, 6.07) is 15.8. The molecule has 0 bridgehead atoms. The summed E-state index contributed by atoms with van der Waals surface area (Å²) in [5.41, 5.74) is 4.32. The van der Waals surface area contributed by atoms with E-state index < -0.39 is 0 Å². The van der Waals surface area contributed by atoms with Crippen LogP contribution in [0.15, 0.2) is 48.5 Å². The fraction of sp³-hybridized carbons (Fsp3) is 0.357. The third-order valence-corrected chi connectivity index (χ3v) is 5.96. The van der Waals surface area contributed by atoms with E-state index in [0.29, 0.717) is 0 Å². The highest BCUT2D eigenvalue weighted by atomic mass is 16.5. The molecule has 6 nitrogen and oxygen atoms in total. The van der Waals surface area contributed by atoms with Crippen molar-refractivity contribution in [1.82, 2.24) is 0 Å². The maximum atomic E-state index is 5.89. The first-order valence-corrected chi connectivity index (χ1v) is 11.2. The number of aryl methyl sites for hydroxylation is 4. The molecule has 0 aliphatic carbocycles. The van der Waals surface area contributed by atoms with E-state index in [1.54, 1.807) is 42.7 Å². The highest BCUT2D eigenvalue weighted by Gasteiger charge is 2.15. The van der Waals surface area contributed by atoms with Crippen molar-refractivity contribution in [2.45, 2.75) is 25.7 Å². The van der Waals surface area contributed by atoms with E-state index >= 15 is 0 Å². The Bertz CT molecular complexity index is 1010. The van der Waals surface area contributed by atoms with Crippen molar-refractivity contribution in [3.63, 3.8) is 0 Å². The van der Waals surface area contributed by atoms with Crippen LogP contribution in [-0.4, -0.2) is 42.7 Å². The summed E-state index contributed by atoms with van der Waals surface area (Å²) in [7, 11) is 10.1. The molecule has 0 N–H and O–H groups in total. The second-order valence-corrected chi connectivity index (χ2v) is 7.83. The first-order chi connectivity index (χ1) is 16.6. The molecule has 0 fully saturated rings. The molecular weight excluding hydrogens is 432 g/mol. The van der Waals surface area contributed by atoms with Gasteiger partial charge in [-0.3, -0.25) is 0 Å². The van der Waals surface area contributed by atoms with Gasteiger partial charge in [-0.2, -0.15) is 0 Å².